The molecule has 49 heavy (non-hydrogen) atoms. The zero-order chi connectivity index (χ0) is 32.4. The minimum Gasteiger partial charge on any atom is -0.287 e. The predicted octanol–water partition coefficient (Wildman–Crippen LogP) is 7.51. The molecular weight excluding hydrogens is 682 g/mol. The zero-order valence-electron chi connectivity index (χ0n) is 27.5. The van der Waals surface area contributed by atoms with Gasteiger partial charge in [0.05, 0.1) is 27.9 Å². The summed E-state index contributed by atoms with van der Waals surface area (Å²) in [4.78, 5) is 10.6. The molecule has 6 aromatic rings. The fourth-order valence-corrected chi connectivity index (χ4v) is 12.3. The van der Waals surface area contributed by atoms with Crippen molar-refractivity contribution in [1.82, 2.24) is 0 Å². The molecule has 1 aliphatic carbocycles. The second-order valence-electron chi connectivity index (χ2n) is 12.4. The maximum Gasteiger partial charge on any atom is 0.111 e. The first-order valence-electron chi connectivity index (χ1n) is 17.1. The zero-order valence-corrected chi connectivity index (χ0v) is 30.4. The van der Waals surface area contributed by atoms with Crippen LogP contribution in [0.4, 0.5) is 0 Å². The minimum atomic E-state index is -1.19. The van der Waals surface area contributed by atoms with Crippen molar-refractivity contribution < 1.29 is 17.1 Å². The molecule has 2 unspecified atom stereocenters. The van der Waals surface area contributed by atoms with Gasteiger partial charge in [-0.2, -0.15) is 0 Å². The first-order valence-corrected chi connectivity index (χ1v) is 20.1. The summed E-state index contributed by atoms with van der Waals surface area (Å²) in [6, 6.07) is 62.0. The second kappa shape index (κ2) is 17.6. The van der Waals surface area contributed by atoms with Crippen LogP contribution in [0.5, 0.6) is 0 Å². The summed E-state index contributed by atoms with van der Waals surface area (Å²) in [5.41, 5.74) is 2.44. The standard InChI is InChI=1S/C44H40N2P2.Cu/c1-5-21-37(22-6-1)47(38-23-7-2-8-24-38)43-31-17-13-19-35(43)33-45-41-29-15-16-30-42(41)46-34-36-20-14-18-32-44(36)48(39-25-9-3-10-26-39)40-27-11-4-12-28-40;/h1-14,17-28,31-34,41-42H,15-16,29-30H2;/p+2. The van der Waals surface area contributed by atoms with Gasteiger partial charge in [-0.25, -0.2) is 0 Å². The van der Waals surface area contributed by atoms with E-state index in [0.29, 0.717) is 0 Å². The Morgan fingerprint density at radius 3 is 1.00 bits per heavy atom. The molecule has 2 atom stereocenters. The molecule has 0 heterocycles. The Bertz CT molecular complexity index is 1730. The van der Waals surface area contributed by atoms with E-state index in [2.05, 4.69) is 182 Å². The molecule has 0 bridgehead atoms. The quantitative estimate of drug-likeness (QED) is 0.0795. The van der Waals surface area contributed by atoms with Crippen LogP contribution in [-0.4, -0.2) is 24.5 Å². The minimum absolute atomic E-state index is 0. The van der Waals surface area contributed by atoms with E-state index in [4.69, 9.17) is 9.98 Å². The SMILES string of the molecule is C(=NC1CCCCC1N=Cc1ccccc1[PH+](c1ccccc1)c1ccccc1)c1ccccc1[PH+](c1ccccc1)c1ccccc1.[Cu]. The van der Waals surface area contributed by atoms with Crippen molar-refractivity contribution in [2.45, 2.75) is 37.8 Å². The maximum atomic E-state index is 5.31. The average Bonchev–Trinajstić information content (AvgIpc) is 3.16. The smallest absolute Gasteiger partial charge is 0.111 e. The van der Waals surface area contributed by atoms with Gasteiger partial charge < -0.3 is 0 Å². The topological polar surface area (TPSA) is 24.7 Å². The van der Waals surface area contributed by atoms with Crippen LogP contribution < -0.4 is 31.8 Å². The Labute approximate surface area is 304 Å². The first kappa shape index (κ1) is 34.9. The number of benzene rings is 6. The van der Waals surface area contributed by atoms with Crippen molar-refractivity contribution in [3.8, 4) is 0 Å². The van der Waals surface area contributed by atoms with Crippen molar-refractivity contribution >= 4 is 60.1 Å². The molecule has 0 saturated heterocycles. The van der Waals surface area contributed by atoms with Gasteiger partial charge in [0.15, 0.2) is 0 Å². The summed E-state index contributed by atoms with van der Waals surface area (Å²) >= 11 is 0. The summed E-state index contributed by atoms with van der Waals surface area (Å²) in [6.07, 6.45) is 8.85. The third-order valence-electron chi connectivity index (χ3n) is 9.21. The number of hydrogen-bond donors (Lipinski definition) is 0. The van der Waals surface area contributed by atoms with Crippen molar-refractivity contribution in [3.63, 3.8) is 0 Å². The number of aliphatic imine (C=N–C) groups is 2. The normalized spacial score (nSPS) is 16.3. The molecule has 1 fully saturated rings. The van der Waals surface area contributed by atoms with E-state index >= 15 is 0 Å². The van der Waals surface area contributed by atoms with E-state index < -0.39 is 15.8 Å². The van der Waals surface area contributed by atoms with Crippen molar-refractivity contribution in [3.05, 3.63) is 181 Å². The summed E-state index contributed by atoms with van der Waals surface area (Å²) in [6.45, 7) is 0. The Morgan fingerprint density at radius 1 is 0.388 bits per heavy atom. The van der Waals surface area contributed by atoms with Gasteiger partial charge in [-0.3, -0.25) is 9.98 Å². The molecule has 1 saturated carbocycles. The molecule has 247 valence electrons. The van der Waals surface area contributed by atoms with Crippen molar-refractivity contribution in [2.24, 2.45) is 9.98 Å². The molecule has 1 radical (unpaired) electrons. The van der Waals surface area contributed by atoms with Crippen molar-refractivity contribution in [2.75, 3.05) is 0 Å². The third kappa shape index (κ3) is 8.62. The van der Waals surface area contributed by atoms with E-state index in [-0.39, 0.29) is 29.2 Å². The predicted molar refractivity (Wildman–Crippen MR) is 214 cm³/mol. The molecule has 0 amide bonds. The molecule has 7 rings (SSSR count). The summed E-state index contributed by atoms with van der Waals surface area (Å²) < 4.78 is 0. The Morgan fingerprint density at radius 2 is 0.673 bits per heavy atom. The first-order chi connectivity index (χ1) is 23.8. The van der Waals surface area contributed by atoms with Crippen LogP contribution in [0.3, 0.4) is 0 Å². The van der Waals surface area contributed by atoms with Crippen LogP contribution >= 0.6 is 15.8 Å². The molecule has 0 spiro atoms. The van der Waals surface area contributed by atoms with Gasteiger partial charge in [0.2, 0.25) is 0 Å². The van der Waals surface area contributed by atoms with E-state index in [9.17, 15) is 0 Å². The summed E-state index contributed by atoms with van der Waals surface area (Å²) in [5.74, 6) is 0. The third-order valence-corrected chi connectivity index (χ3v) is 14.8. The molecule has 1 aliphatic rings. The molecule has 6 aromatic carbocycles. The van der Waals surface area contributed by atoms with E-state index in [0.717, 1.165) is 12.8 Å². The van der Waals surface area contributed by atoms with Crippen LogP contribution in [0.1, 0.15) is 36.8 Å². The molecule has 5 heteroatoms. The monoisotopic (exact) mass is 723 g/mol. The van der Waals surface area contributed by atoms with Gasteiger partial charge in [-0.15, -0.1) is 0 Å². The van der Waals surface area contributed by atoms with Gasteiger partial charge in [0, 0.05) is 40.6 Å². The Hall–Kier alpha value is -3.96. The maximum absolute atomic E-state index is 5.31. The molecule has 0 aliphatic heterocycles. The van der Waals surface area contributed by atoms with E-state index in [1.807, 2.05) is 0 Å². The van der Waals surface area contributed by atoms with Crippen LogP contribution in [-0.2, 0) is 17.1 Å². The number of rotatable bonds is 10. The van der Waals surface area contributed by atoms with Gasteiger partial charge >= 0.3 is 0 Å². The summed E-state index contributed by atoms with van der Waals surface area (Å²) in [5, 5.41) is 8.32. The van der Waals surface area contributed by atoms with Crippen LogP contribution in [0.15, 0.2) is 180 Å². The van der Waals surface area contributed by atoms with Gasteiger partial charge in [-0.05, 0) is 85.6 Å². The Kier molecular flexibility index (Phi) is 12.5. The fourth-order valence-electron chi connectivity index (χ4n) is 6.84. The van der Waals surface area contributed by atoms with Crippen molar-refractivity contribution in [1.29, 1.82) is 0 Å². The average molecular weight is 724 g/mol. The molecule has 2 nitrogen and oxygen atoms in total. The molecule has 0 aromatic heterocycles. The van der Waals surface area contributed by atoms with Crippen LogP contribution in [0.25, 0.3) is 0 Å². The largest absolute Gasteiger partial charge is 0.287 e. The second-order valence-corrected chi connectivity index (χ2v) is 17.3. The molecule has 0 N–H and O–H groups in total. The number of hydrogen-bond acceptors (Lipinski definition) is 2. The van der Waals surface area contributed by atoms with Gasteiger partial charge in [0.25, 0.3) is 0 Å². The van der Waals surface area contributed by atoms with Crippen LogP contribution in [0.2, 0.25) is 0 Å². The van der Waals surface area contributed by atoms with Crippen LogP contribution in [0, 0.1) is 0 Å². The Balaban J connectivity index is 0.00000417. The van der Waals surface area contributed by atoms with Gasteiger partial charge in [0.1, 0.15) is 31.8 Å². The van der Waals surface area contributed by atoms with E-state index in [1.54, 1.807) is 0 Å². The number of nitrogens with zero attached hydrogens (tertiary/aromatic N) is 2. The molecular formula is C44H42CuN2P2+2. The summed E-state index contributed by atoms with van der Waals surface area (Å²) in [7, 11) is -2.39. The fraction of sp³-hybridized carbons (Fsp3) is 0.136. The van der Waals surface area contributed by atoms with Gasteiger partial charge in [-0.1, -0.05) is 110 Å². The van der Waals surface area contributed by atoms with E-state index in [1.165, 1.54) is 55.8 Å².